The highest BCUT2D eigenvalue weighted by atomic mass is 35.5. The minimum atomic E-state index is -4.51. The first-order chi connectivity index (χ1) is 6.86. The van der Waals surface area contributed by atoms with Crippen LogP contribution in [0.1, 0.15) is 17.3 Å². The maximum absolute atomic E-state index is 12.2. The number of rotatable bonds is 1. The highest BCUT2D eigenvalue weighted by molar-refractivity contribution is 6.31. The number of hydrogen-bond donors (Lipinski definition) is 1. The lowest BCUT2D eigenvalue weighted by atomic mass is 10.2. The van der Waals surface area contributed by atoms with Gasteiger partial charge >= 0.3 is 6.18 Å². The largest absolute Gasteiger partial charge is 0.417 e. The summed E-state index contributed by atoms with van der Waals surface area (Å²) in [6.45, 7) is 0. The van der Waals surface area contributed by atoms with Crippen molar-refractivity contribution >= 4 is 24.0 Å². The Morgan fingerprint density at radius 1 is 1.50 bits per heavy atom. The third-order valence-electron chi connectivity index (χ3n) is 1.63. The van der Waals surface area contributed by atoms with Crippen molar-refractivity contribution in [1.29, 1.82) is 5.26 Å². The predicted octanol–water partition coefficient (Wildman–Crippen LogP) is 2.70. The Labute approximate surface area is 100 Å². The molecule has 3 nitrogen and oxygen atoms in total. The van der Waals surface area contributed by atoms with E-state index in [9.17, 15) is 13.2 Å². The highest BCUT2D eigenvalue weighted by Gasteiger charge is 2.31. The molecule has 1 atom stereocenters. The average molecular weight is 272 g/mol. The lowest BCUT2D eigenvalue weighted by Crippen LogP contribution is -2.12. The van der Waals surface area contributed by atoms with Gasteiger partial charge in [-0.2, -0.15) is 18.4 Å². The summed E-state index contributed by atoms with van der Waals surface area (Å²) in [7, 11) is 0. The van der Waals surface area contributed by atoms with Gasteiger partial charge in [0.2, 0.25) is 0 Å². The van der Waals surface area contributed by atoms with E-state index in [0.29, 0.717) is 12.3 Å². The van der Waals surface area contributed by atoms with Crippen LogP contribution in [0.2, 0.25) is 5.02 Å². The fourth-order valence-electron chi connectivity index (χ4n) is 0.894. The Bertz CT molecular complexity index is 414. The molecule has 8 heteroatoms. The molecule has 0 bridgehead atoms. The van der Waals surface area contributed by atoms with Gasteiger partial charge in [0.1, 0.15) is 6.04 Å². The van der Waals surface area contributed by atoms with Crippen molar-refractivity contribution in [2.45, 2.75) is 12.2 Å². The molecule has 0 amide bonds. The molecule has 1 aromatic heterocycles. The lowest BCUT2D eigenvalue weighted by molar-refractivity contribution is -0.137. The molecule has 0 fully saturated rings. The number of nitrogens with zero attached hydrogens (tertiary/aromatic N) is 2. The third kappa shape index (κ3) is 3.23. The number of alkyl halides is 3. The maximum Gasteiger partial charge on any atom is 0.417 e. The van der Waals surface area contributed by atoms with Gasteiger partial charge in [-0.15, -0.1) is 12.4 Å². The second-order valence-corrected chi connectivity index (χ2v) is 3.10. The van der Waals surface area contributed by atoms with E-state index in [4.69, 9.17) is 22.6 Å². The van der Waals surface area contributed by atoms with Crippen molar-refractivity contribution < 1.29 is 13.2 Å². The van der Waals surface area contributed by atoms with Crippen LogP contribution in [0.15, 0.2) is 12.3 Å². The summed E-state index contributed by atoms with van der Waals surface area (Å²) in [6.07, 6.45) is -3.91. The summed E-state index contributed by atoms with van der Waals surface area (Å²) in [5.41, 5.74) is 4.23. The molecule has 1 aromatic rings. The van der Waals surface area contributed by atoms with Crippen LogP contribution in [0.5, 0.6) is 0 Å². The highest BCUT2D eigenvalue weighted by Crippen LogP contribution is 2.31. The third-order valence-corrected chi connectivity index (χ3v) is 1.93. The van der Waals surface area contributed by atoms with E-state index in [1.165, 1.54) is 0 Å². The van der Waals surface area contributed by atoms with E-state index in [-0.39, 0.29) is 23.1 Å². The van der Waals surface area contributed by atoms with Crippen molar-refractivity contribution in [2.24, 2.45) is 5.73 Å². The molecule has 1 unspecified atom stereocenters. The fourth-order valence-corrected chi connectivity index (χ4v) is 1.18. The zero-order valence-electron chi connectivity index (χ0n) is 7.62. The molecule has 16 heavy (non-hydrogen) atoms. The van der Waals surface area contributed by atoms with E-state index in [0.717, 1.165) is 0 Å². The average Bonchev–Trinajstić information content (AvgIpc) is 2.15. The van der Waals surface area contributed by atoms with Crippen LogP contribution in [0.3, 0.4) is 0 Å². The molecule has 0 aromatic carbocycles. The van der Waals surface area contributed by atoms with Crippen molar-refractivity contribution in [2.75, 3.05) is 0 Å². The van der Waals surface area contributed by atoms with Crippen molar-refractivity contribution in [1.82, 2.24) is 4.98 Å². The van der Waals surface area contributed by atoms with Gasteiger partial charge in [0.15, 0.2) is 0 Å². The molecule has 0 radical (unpaired) electrons. The Balaban J connectivity index is 0.00000225. The van der Waals surface area contributed by atoms with Crippen molar-refractivity contribution in [3.05, 3.63) is 28.5 Å². The second kappa shape index (κ2) is 5.34. The first kappa shape index (κ1) is 15.0. The molecule has 0 aliphatic heterocycles. The van der Waals surface area contributed by atoms with Crippen molar-refractivity contribution in [3.8, 4) is 6.07 Å². The molecule has 0 saturated heterocycles. The summed E-state index contributed by atoms with van der Waals surface area (Å²) in [5.74, 6) is 0. The number of nitriles is 1. The zero-order chi connectivity index (χ0) is 11.6. The van der Waals surface area contributed by atoms with Gasteiger partial charge in [0.05, 0.1) is 22.3 Å². The topological polar surface area (TPSA) is 62.7 Å². The Kier molecular flexibility index (Phi) is 5.00. The minimum Gasteiger partial charge on any atom is -0.311 e. The molecule has 0 saturated carbocycles. The van der Waals surface area contributed by atoms with Gasteiger partial charge < -0.3 is 5.73 Å². The summed E-state index contributed by atoms with van der Waals surface area (Å²) >= 11 is 5.52. The standard InChI is InChI=1S/C8H5ClF3N3.ClH/c9-5-1-4(8(10,11)12)3-15-7(5)6(14)2-13;/h1,3,6H,14H2;1H. The summed E-state index contributed by atoms with van der Waals surface area (Å²) in [4.78, 5) is 3.42. The van der Waals surface area contributed by atoms with Crippen LogP contribution in [0.25, 0.3) is 0 Å². The van der Waals surface area contributed by atoms with E-state index in [1.807, 2.05) is 0 Å². The first-order valence-electron chi connectivity index (χ1n) is 3.74. The number of pyridine rings is 1. The van der Waals surface area contributed by atoms with Gasteiger partial charge in [0.25, 0.3) is 0 Å². The van der Waals surface area contributed by atoms with E-state index in [2.05, 4.69) is 4.98 Å². The predicted molar refractivity (Wildman–Crippen MR) is 54.0 cm³/mol. The summed E-state index contributed by atoms with van der Waals surface area (Å²) in [6, 6.07) is 1.20. The molecular weight excluding hydrogens is 266 g/mol. The summed E-state index contributed by atoms with van der Waals surface area (Å²) in [5, 5.41) is 8.18. The van der Waals surface area contributed by atoms with Gasteiger partial charge in [-0.25, -0.2) is 0 Å². The first-order valence-corrected chi connectivity index (χ1v) is 4.12. The SMILES string of the molecule is Cl.N#CC(N)c1ncc(C(F)(F)F)cc1Cl. The number of aromatic nitrogens is 1. The quantitative estimate of drug-likeness (QED) is 0.854. The number of hydrogen-bond acceptors (Lipinski definition) is 3. The van der Waals surface area contributed by atoms with Gasteiger partial charge in [-0.05, 0) is 6.07 Å². The van der Waals surface area contributed by atoms with Crippen LogP contribution >= 0.6 is 24.0 Å². The molecule has 0 aliphatic carbocycles. The second-order valence-electron chi connectivity index (χ2n) is 2.70. The molecule has 1 rings (SSSR count). The lowest BCUT2D eigenvalue weighted by Gasteiger charge is -2.09. The van der Waals surface area contributed by atoms with E-state index < -0.39 is 17.8 Å². The molecule has 0 spiro atoms. The minimum absolute atomic E-state index is 0. The Morgan fingerprint density at radius 3 is 2.44 bits per heavy atom. The summed E-state index contributed by atoms with van der Waals surface area (Å²) < 4.78 is 36.6. The number of halogens is 5. The maximum atomic E-state index is 12.2. The van der Waals surface area contributed by atoms with Crippen LogP contribution in [0, 0.1) is 11.3 Å². The normalized spacial score (nSPS) is 12.5. The molecule has 0 aliphatic rings. The smallest absolute Gasteiger partial charge is 0.311 e. The van der Waals surface area contributed by atoms with Gasteiger partial charge in [-0.1, -0.05) is 11.6 Å². The monoisotopic (exact) mass is 271 g/mol. The Hall–Kier alpha value is -1.03. The molecule has 1 heterocycles. The number of nitrogens with two attached hydrogens (primary N) is 1. The van der Waals surface area contributed by atoms with Gasteiger partial charge in [0, 0.05) is 6.20 Å². The van der Waals surface area contributed by atoms with E-state index >= 15 is 0 Å². The zero-order valence-corrected chi connectivity index (χ0v) is 9.20. The Morgan fingerprint density at radius 2 is 2.06 bits per heavy atom. The van der Waals surface area contributed by atoms with Crippen LogP contribution < -0.4 is 5.73 Å². The van der Waals surface area contributed by atoms with Crippen molar-refractivity contribution in [3.63, 3.8) is 0 Å². The molecule has 2 N–H and O–H groups in total. The molecular formula is C8H6Cl2F3N3. The van der Waals surface area contributed by atoms with Gasteiger partial charge in [-0.3, -0.25) is 4.98 Å². The fraction of sp³-hybridized carbons (Fsp3) is 0.250. The van der Waals surface area contributed by atoms with E-state index in [1.54, 1.807) is 6.07 Å². The van der Waals surface area contributed by atoms with Crippen LogP contribution in [-0.4, -0.2) is 4.98 Å². The molecule has 88 valence electrons. The van der Waals surface area contributed by atoms with Crippen LogP contribution in [0.4, 0.5) is 13.2 Å². The van der Waals surface area contributed by atoms with Crippen LogP contribution in [-0.2, 0) is 6.18 Å².